The number of carbonyl (C=O) groups excluding carboxylic acids is 1. The second-order valence-corrected chi connectivity index (χ2v) is 4.38. The second kappa shape index (κ2) is 5.44. The van der Waals surface area contributed by atoms with Crippen LogP contribution in [0.15, 0.2) is 48.5 Å². The summed E-state index contributed by atoms with van der Waals surface area (Å²) in [6, 6.07) is 14.5. The van der Waals surface area contributed by atoms with E-state index >= 15 is 0 Å². The molecule has 0 atom stereocenters. The van der Waals surface area contributed by atoms with Crippen molar-refractivity contribution >= 4 is 11.6 Å². The number of hydrogen-bond acceptors (Lipinski definition) is 3. The number of nitrogens with two attached hydrogens (primary N) is 1. The fourth-order valence-corrected chi connectivity index (χ4v) is 1.65. The van der Waals surface area contributed by atoms with Crippen LogP contribution in [0.2, 0.25) is 0 Å². The molecular weight excluding hydrogens is 240 g/mol. The summed E-state index contributed by atoms with van der Waals surface area (Å²) in [6.45, 7) is 0. The third-order valence-corrected chi connectivity index (χ3v) is 2.71. The lowest BCUT2D eigenvalue weighted by atomic mass is 10.2. The van der Waals surface area contributed by atoms with Crippen LogP contribution in [0.5, 0.6) is 11.5 Å². The van der Waals surface area contributed by atoms with Crippen LogP contribution < -0.4 is 15.4 Å². The van der Waals surface area contributed by atoms with Gasteiger partial charge in [0.1, 0.15) is 11.5 Å². The van der Waals surface area contributed by atoms with E-state index in [0.717, 1.165) is 11.4 Å². The Morgan fingerprint density at radius 1 is 1.05 bits per heavy atom. The lowest BCUT2D eigenvalue weighted by Crippen LogP contribution is -2.10. The lowest BCUT2D eigenvalue weighted by Gasteiger charge is -2.14. The van der Waals surface area contributed by atoms with Crippen LogP contribution in [0.4, 0.5) is 5.69 Å². The molecule has 19 heavy (non-hydrogen) atoms. The van der Waals surface area contributed by atoms with Gasteiger partial charge in [0, 0.05) is 31.4 Å². The molecule has 2 N–H and O–H groups in total. The van der Waals surface area contributed by atoms with Crippen molar-refractivity contribution in [3.8, 4) is 11.5 Å². The normalized spacial score (nSPS) is 10.0. The summed E-state index contributed by atoms with van der Waals surface area (Å²) in [7, 11) is 3.95. The fourth-order valence-electron chi connectivity index (χ4n) is 1.65. The summed E-state index contributed by atoms with van der Waals surface area (Å²) in [6.07, 6.45) is 0. The van der Waals surface area contributed by atoms with Crippen LogP contribution in [-0.2, 0) is 0 Å². The van der Waals surface area contributed by atoms with Crippen molar-refractivity contribution in [1.29, 1.82) is 0 Å². The molecule has 0 heterocycles. The summed E-state index contributed by atoms with van der Waals surface area (Å²) < 4.78 is 5.73. The molecular formula is C15H16N2O2. The van der Waals surface area contributed by atoms with Crippen LogP contribution in [0.25, 0.3) is 0 Å². The molecule has 0 spiro atoms. The molecule has 2 rings (SSSR count). The van der Waals surface area contributed by atoms with Crippen molar-refractivity contribution in [2.75, 3.05) is 19.0 Å². The maximum atomic E-state index is 11.0. The van der Waals surface area contributed by atoms with E-state index < -0.39 is 5.91 Å². The smallest absolute Gasteiger partial charge is 0.248 e. The maximum absolute atomic E-state index is 11.0. The highest BCUT2D eigenvalue weighted by atomic mass is 16.5. The first-order valence-electron chi connectivity index (χ1n) is 5.91. The van der Waals surface area contributed by atoms with E-state index in [9.17, 15) is 4.79 Å². The maximum Gasteiger partial charge on any atom is 0.248 e. The minimum absolute atomic E-state index is 0.443. The predicted octanol–water partition coefficient (Wildman–Crippen LogP) is 2.64. The van der Waals surface area contributed by atoms with Gasteiger partial charge in [0.15, 0.2) is 0 Å². The molecule has 2 aromatic rings. The van der Waals surface area contributed by atoms with E-state index in [2.05, 4.69) is 0 Å². The van der Waals surface area contributed by atoms with Gasteiger partial charge in [-0.3, -0.25) is 4.79 Å². The monoisotopic (exact) mass is 256 g/mol. The minimum atomic E-state index is -0.443. The van der Waals surface area contributed by atoms with E-state index in [-0.39, 0.29) is 0 Å². The molecule has 0 unspecified atom stereocenters. The van der Waals surface area contributed by atoms with Gasteiger partial charge in [-0.05, 0) is 36.4 Å². The Labute approximate surface area is 112 Å². The van der Waals surface area contributed by atoms with Crippen LogP contribution in [0.3, 0.4) is 0 Å². The van der Waals surface area contributed by atoms with Crippen molar-refractivity contribution in [3.05, 3.63) is 54.1 Å². The average molecular weight is 256 g/mol. The van der Waals surface area contributed by atoms with Crippen molar-refractivity contribution in [2.24, 2.45) is 5.73 Å². The quantitative estimate of drug-likeness (QED) is 0.915. The highest BCUT2D eigenvalue weighted by Crippen LogP contribution is 2.25. The molecule has 4 nitrogen and oxygen atoms in total. The van der Waals surface area contributed by atoms with E-state index in [0.29, 0.717) is 11.3 Å². The van der Waals surface area contributed by atoms with Crippen molar-refractivity contribution < 1.29 is 9.53 Å². The summed E-state index contributed by atoms with van der Waals surface area (Å²) >= 11 is 0. The molecule has 0 aromatic heterocycles. The highest BCUT2D eigenvalue weighted by molar-refractivity contribution is 5.92. The number of amides is 1. The number of nitrogens with zero attached hydrogens (tertiary/aromatic N) is 1. The van der Waals surface area contributed by atoms with Gasteiger partial charge in [0.05, 0.1) is 0 Å². The van der Waals surface area contributed by atoms with Crippen LogP contribution >= 0.6 is 0 Å². The van der Waals surface area contributed by atoms with E-state index in [1.165, 1.54) is 0 Å². The molecule has 0 aliphatic heterocycles. The van der Waals surface area contributed by atoms with Gasteiger partial charge in [0.25, 0.3) is 0 Å². The van der Waals surface area contributed by atoms with Crippen LogP contribution in [-0.4, -0.2) is 20.0 Å². The number of rotatable bonds is 4. The van der Waals surface area contributed by atoms with E-state index in [4.69, 9.17) is 10.5 Å². The molecule has 0 saturated carbocycles. The largest absolute Gasteiger partial charge is 0.457 e. The molecule has 0 radical (unpaired) electrons. The summed E-state index contributed by atoms with van der Waals surface area (Å²) in [5, 5.41) is 0. The van der Waals surface area contributed by atoms with Gasteiger partial charge in [-0.25, -0.2) is 0 Å². The molecule has 0 saturated heterocycles. The molecule has 4 heteroatoms. The van der Waals surface area contributed by atoms with Crippen LogP contribution in [0, 0.1) is 0 Å². The third-order valence-electron chi connectivity index (χ3n) is 2.71. The Morgan fingerprint density at radius 3 is 2.32 bits per heavy atom. The van der Waals surface area contributed by atoms with Gasteiger partial charge in [-0.2, -0.15) is 0 Å². The zero-order valence-electron chi connectivity index (χ0n) is 11.0. The SMILES string of the molecule is CN(C)c1cccc(Oc2ccc(C(N)=O)cc2)c1. The van der Waals surface area contributed by atoms with Gasteiger partial charge in [-0.15, -0.1) is 0 Å². The first-order chi connectivity index (χ1) is 9.06. The number of carbonyl (C=O) groups is 1. The molecule has 0 bridgehead atoms. The second-order valence-electron chi connectivity index (χ2n) is 4.38. The Kier molecular flexibility index (Phi) is 3.71. The summed E-state index contributed by atoms with van der Waals surface area (Å²) in [5.41, 5.74) is 6.71. The zero-order chi connectivity index (χ0) is 13.8. The topological polar surface area (TPSA) is 55.6 Å². The molecule has 0 aliphatic rings. The van der Waals surface area contributed by atoms with Crippen molar-refractivity contribution in [3.63, 3.8) is 0 Å². The molecule has 0 fully saturated rings. The Bertz CT molecular complexity index is 577. The molecule has 0 aliphatic carbocycles. The van der Waals surface area contributed by atoms with Gasteiger partial charge in [0.2, 0.25) is 5.91 Å². The Hall–Kier alpha value is -2.49. The molecule has 98 valence electrons. The third kappa shape index (κ3) is 3.25. The lowest BCUT2D eigenvalue weighted by molar-refractivity contribution is 0.100. The van der Waals surface area contributed by atoms with Gasteiger partial charge in [-0.1, -0.05) is 6.07 Å². The van der Waals surface area contributed by atoms with Crippen molar-refractivity contribution in [1.82, 2.24) is 0 Å². The number of benzene rings is 2. The summed E-state index contributed by atoms with van der Waals surface area (Å²) in [4.78, 5) is 13.0. The first kappa shape index (κ1) is 13.0. The summed E-state index contributed by atoms with van der Waals surface area (Å²) in [5.74, 6) is 0.972. The molecule has 1 amide bonds. The predicted molar refractivity (Wildman–Crippen MR) is 75.8 cm³/mol. The van der Waals surface area contributed by atoms with Gasteiger partial charge < -0.3 is 15.4 Å². The fraction of sp³-hybridized carbons (Fsp3) is 0.133. The number of primary amides is 1. The highest BCUT2D eigenvalue weighted by Gasteiger charge is 2.02. The number of hydrogen-bond donors (Lipinski definition) is 1. The van der Waals surface area contributed by atoms with E-state index in [1.54, 1.807) is 24.3 Å². The average Bonchev–Trinajstić information content (AvgIpc) is 2.39. The van der Waals surface area contributed by atoms with Crippen LogP contribution in [0.1, 0.15) is 10.4 Å². The molecule has 2 aromatic carbocycles. The number of ether oxygens (including phenoxy) is 1. The Morgan fingerprint density at radius 2 is 1.74 bits per heavy atom. The van der Waals surface area contributed by atoms with Gasteiger partial charge >= 0.3 is 0 Å². The minimum Gasteiger partial charge on any atom is -0.457 e. The number of anilines is 1. The first-order valence-corrected chi connectivity index (χ1v) is 5.91. The van der Waals surface area contributed by atoms with E-state index in [1.807, 2.05) is 43.3 Å². The Balaban J connectivity index is 2.16. The zero-order valence-corrected chi connectivity index (χ0v) is 11.0. The van der Waals surface area contributed by atoms with Crippen molar-refractivity contribution in [2.45, 2.75) is 0 Å². The standard InChI is InChI=1S/C15H16N2O2/c1-17(2)12-4-3-5-14(10-12)19-13-8-6-11(7-9-13)15(16)18/h3-10H,1-2H3,(H2,16,18).